The van der Waals surface area contributed by atoms with E-state index in [-0.39, 0.29) is 0 Å². The predicted molar refractivity (Wildman–Crippen MR) is 63.8 cm³/mol. The van der Waals surface area contributed by atoms with Crippen molar-refractivity contribution < 1.29 is 9.21 Å². The molecule has 84 valence electrons. The third-order valence-electron chi connectivity index (χ3n) is 2.75. The van der Waals surface area contributed by atoms with Crippen molar-refractivity contribution in [2.24, 2.45) is 7.05 Å². The summed E-state index contributed by atoms with van der Waals surface area (Å²) in [5, 5.41) is 0. The number of rotatable bonds is 2. The molecule has 3 rings (SSSR count). The zero-order valence-corrected chi connectivity index (χ0v) is 9.25. The standard InChI is InChI=1S/C13H10N2O2/c1-15-8-14-11-4-2-9(6-12(11)15)13-5-3-10(7-16)17-13/h2-8H,1H3. The van der Waals surface area contributed by atoms with E-state index in [4.69, 9.17) is 4.42 Å². The summed E-state index contributed by atoms with van der Waals surface area (Å²) in [6, 6.07) is 9.32. The van der Waals surface area contributed by atoms with E-state index in [0.717, 1.165) is 16.6 Å². The summed E-state index contributed by atoms with van der Waals surface area (Å²) in [4.78, 5) is 14.8. The van der Waals surface area contributed by atoms with Gasteiger partial charge in [-0.3, -0.25) is 4.79 Å². The van der Waals surface area contributed by atoms with Crippen molar-refractivity contribution in [2.45, 2.75) is 0 Å². The van der Waals surface area contributed by atoms with Crippen molar-refractivity contribution in [3.05, 3.63) is 42.4 Å². The largest absolute Gasteiger partial charge is 0.453 e. The third kappa shape index (κ3) is 1.54. The van der Waals surface area contributed by atoms with Gasteiger partial charge in [0.05, 0.1) is 17.4 Å². The zero-order valence-electron chi connectivity index (χ0n) is 9.25. The number of aryl methyl sites for hydroxylation is 1. The predicted octanol–water partition coefficient (Wildman–Crippen LogP) is 2.65. The SMILES string of the molecule is Cn1cnc2ccc(-c3ccc(C=O)o3)cc21. The van der Waals surface area contributed by atoms with Gasteiger partial charge in [-0.05, 0) is 30.3 Å². The molecule has 0 bridgehead atoms. The van der Waals surface area contributed by atoms with E-state index in [1.807, 2.05) is 29.8 Å². The number of carbonyl (C=O) groups excluding carboxylic acids is 1. The molecule has 0 spiro atoms. The second-order valence-electron chi connectivity index (χ2n) is 3.88. The van der Waals surface area contributed by atoms with E-state index in [1.54, 1.807) is 18.5 Å². The molecule has 0 amide bonds. The van der Waals surface area contributed by atoms with Crippen molar-refractivity contribution in [1.29, 1.82) is 0 Å². The number of aromatic nitrogens is 2. The molecule has 0 saturated heterocycles. The van der Waals surface area contributed by atoms with Gasteiger partial charge in [-0.15, -0.1) is 0 Å². The van der Waals surface area contributed by atoms with E-state index in [9.17, 15) is 4.79 Å². The fourth-order valence-electron chi connectivity index (χ4n) is 1.85. The zero-order chi connectivity index (χ0) is 11.8. The maximum atomic E-state index is 10.6. The van der Waals surface area contributed by atoms with Crippen LogP contribution in [0.25, 0.3) is 22.4 Å². The molecule has 4 nitrogen and oxygen atoms in total. The van der Waals surface area contributed by atoms with Crippen LogP contribution in [0.1, 0.15) is 10.6 Å². The molecular weight excluding hydrogens is 216 g/mol. The van der Waals surface area contributed by atoms with Crippen LogP contribution in [0.15, 0.2) is 41.1 Å². The number of nitrogens with zero attached hydrogens (tertiary/aromatic N) is 2. The summed E-state index contributed by atoms with van der Waals surface area (Å²) in [5.74, 6) is 1.03. The first-order chi connectivity index (χ1) is 8.28. The van der Waals surface area contributed by atoms with Gasteiger partial charge in [-0.2, -0.15) is 0 Å². The molecule has 0 unspecified atom stereocenters. The van der Waals surface area contributed by atoms with Crippen LogP contribution in [-0.2, 0) is 7.05 Å². The summed E-state index contributed by atoms with van der Waals surface area (Å²) in [6.07, 6.45) is 2.47. The Bertz CT molecular complexity index is 694. The number of hydrogen-bond donors (Lipinski definition) is 0. The lowest BCUT2D eigenvalue weighted by Crippen LogP contribution is -1.84. The van der Waals surface area contributed by atoms with Crippen LogP contribution in [-0.4, -0.2) is 15.8 Å². The number of furan rings is 1. The molecule has 0 aliphatic rings. The maximum absolute atomic E-state index is 10.6. The Hall–Kier alpha value is -2.36. The fourth-order valence-corrected chi connectivity index (χ4v) is 1.85. The van der Waals surface area contributed by atoms with Gasteiger partial charge < -0.3 is 8.98 Å². The topological polar surface area (TPSA) is 48.0 Å². The Morgan fingerprint density at radius 3 is 2.94 bits per heavy atom. The van der Waals surface area contributed by atoms with Crippen molar-refractivity contribution in [3.63, 3.8) is 0 Å². The van der Waals surface area contributed by atoms with E-state index in [0.29, 0.717) is 17.8 Å². The molecule has 0 aliphatic heterocycles. The number of carbonyl (C=O) groups is 1. The molecule has 0 saturated carbocycles. The molecule has 0 atom stereocenters. The molecule has 17 heavy (non-hydrogen) atoms. The molecule has 0 fully saturated rings. The van der Waals surface area contributed by atoms with Crippen LogP contribution in [0, 0.1) is 0 Å². The molecule has 2 aromatic heterocycles. The number of aldehydes is 1. The van der Waals surface area contributed by atoms with Crippen molar-refractivity contribution >= 4 is 17.3 Å². The fraction of sp³-hybridized carbons (Fsp3) is 0.0769. The van der Waals surface area contributed by atoms with Gasteiger partial charge in [0.2, 0.25) is 0 Å². The number of benzene rings is 1. The smallest absolute Gasteiger partial charge is 0.185 e. The molecule has 2 heterocycles. The monoisotopic (exact) mass is 226 g/mol. The average molecular weight is 226 g/mol. The highest BCUT2D eigenvalue weighted by atomic mass is 16.3. The van der Waals surface area contributed by atoms with Crippen LogP contribution >= 0.6 is 0 Å². The maximum Gasteiger partial charge on any atom is 0.185 e. The minimum absolute atomic E-state index is 0.338. The second-order valence-corrected chi connectivity index (χ2v) is 3.88. The van der Waals surface area contributed by atoms with Crippen molar-refractivity contribution in [3.8, 4) is 11.3 Å². The normalized spacial score (nSPS) is 10.9. The summed E-state index contributed by atoms with van der Waals surface area (Å²) in [7, 11) is 1.94. The van der Waals surface area contributed by atoms with Gasteiger partial charge in [0.15, 0.2) is 12.0 Å². The van der Waals surface area contributed by atoms with Gasteiger partial charge in [0.1, 0.15) is 5.76 Å². The first-order valence-electron chi connectivity index (χ1n) is 5.24. The van der Waals surface area contributed by atoms with Gasteiger partial charge in [-0.25, -0.2) is 4.98 Å². The summed E-state index contributed by atoms with van der Waals surface area (Å²) >= 11 is 0. The van der Waals surface area contributed by atoms with Gasteiger partial charge in [0, 0.05) is 12.6 Å². The molecule has 0 N–H and O–H groups in total. The third-order valence-corrected chi connectivity index (χ3v) is 2.75. The van der Waals surface area contributed by atoms with Gasteiger partial charge in [0.25, 0.3) is 0 Å². The van der Waals surface area contributed by atoms with E-state index in [2.05, 4.69) is 4.98 Å². The highest BCUT2D eigenvalue weighted by Gasteiger charge is 2.06. The Balaban J connectivity index is 2.16. The lowest BCUT2D eigenvalue weighted by molar-refractivity contribution is 0.110. The first kappa shape index (κ1) is 9.84. The Morgan fingerprint density at radius 1 is 1.29 bits per heavy atom. The summed E-state index contributed by atoms with van der Waals surface area (Å²) in [6.45, 7) is 0. The van der Waals surface area contributed by atoms with Crippen molar-refractivity contribution in [2.75, 3.05) is 0 Å². The van der Waals surface area contributed by atoms with E-state index in [1.165, 1.54) is 0 Å². The summed E-state index contributed by atoms with van der Waals surface area (Å²) < 4.78 is 7.33. The molecular formula is C13H10N2O2. The number of hydrogen-bond acceptors (Lipinski definition) is 3. The van der Waals surface area contributed by atoms with Crippen LogP contribution in [0.2, 0.25) is 0 Å². The van der Waals surface area contributed by atoms with Gasteiger partial charge >= 0.3 is 0 Å². The van der Waals surface area contributed by atoms with Crippen LogP contribution < -0.4 is 0 Å². The molecule has 4 heteroatoms. The number of fused-ring (bicyclic) bond motifs is 1. The summed E-state index contributed by atoms with van der Waals surface area (Å²) in [5.41, 5.74) is 2.92. The number of imidazole rings is 1. The van der Waals surface area contributed by atoms with Crippen LogP contribution in [0.5, 0.6) is 0 Å². The Morgan fingerprint density at radius 2 is 2.18 bits per heavy atom. The Labute approximate surface area is 97.5 Å². The second kappa shape index (κ2) is 3.59. The average Bonchev–Trinajstić information content (AvgIpc) is 2.96. The first-order valence-corrected chi connectivity index (χ1v) is 5.24. The van der Waals surface area contributed by atoms with Crippen LogP contribution in [0.4, 0.5) is 0 Å². The Kier molecular flexibility index (Phi) is 2.08. The van der Waals surface area contributed by atoms with Gasteiger partial charge in [-0.1, -0.05) is 0 Å². The minimum atomic E-state index is 0.338. The lowest BCUT2D eigenvalue weighted by Gasteiger charge is -1.98. The van der Waals surface area contributed by atoms with E-state index >= 15 is 0 Å². The lowest BCUT2D eigenvalue weighted by atomic mass is 10.1. The van der Waals surface area contributed by atoms with Crippen molar-refractivity contribution in [1.82, 2.24) is 9.55 Å². The van der Waals surface area contributed by atoms with E-state index < -0.39 is 0 Å². The highest BCUT2D eigenvalue weighted by molar-refractivity contribution is 5.81. The highest BCUT2D eigenvalue weighted by Crippen LogP contribution is 2.25. The molecule has 3 aromatic rings. The molecule has 0 radical (unpaired) electrons. The molecule has 0 aliphatic carbocycles. The molecule has 1 aromatic carbocycles. The van der Waals surface area contributed by atoms with Crippen LogP contribution in [0.3, 0.4) is 0 Å². The minimum Gasteiger partial charge on any atom is -0.453 e. The quantitative estimate of drug-likeness (QED) is 0.631.